The Morgan fingerprint density at radius 1 is 1.29 bits per heavy atom. The first kappa shape index (κ1) is 15.8. The lowest BCUT2D eigenvalue weighted by molar-refractivity contribution is 0.598. The molecule has 0 heterocycles. The molecule has 0 saturated heterocycles. The van der Waals surface area contributed by atoms with Crippen molar-refractivity contribution in [2.24, 2.45) is 5.73 Å². The number of benzene rings is 2. The molecule has 0 aliphatic rings. The Bertz CT molecular complexity index is 758. The van der Waals surface area contributed by atoms with E-state index in [0.29, 0.717) is 5.56 Å². The van der Waals surface area contributed by atoms with E-state index in [4.69, 9.17) is 17.3 Å². The van der Waals surface area contributed by atoms with Crippen molar-refractivity contribution in [1.82, 2.24) is 0 Å². The highest BCUT2D eigenvalue weighted by Gasteiger charge is 2.19. The quantitative estimate of drug-likeness (QED) is 0.906. The van der Waals surface area contributed by atoms with Gasteiger partial charge in [-0.1, -0.05) is 23.7 Å². The second kappa shape index (κ2) is 6.01. The normalized spacial score (nSPS) is 11.4. The van der Waals surface area contributed by atoms with Crippen molar-refractivity contribution in [2.75, 3.05) is 4.72 Å². The van der Waals surface area contributed by atoms with Crippen LogP contribution in [0.25, 0.3) is 0 Å². The van der Waals surface area contributed by atoms with Crippen molar-refractivity contribution < 1.29 is 12.8 Å². The van der Waals surface area contributed by atoms with Crippen LogP contribution in [0, 0.1) is 12.7 Å². The molecule has 0 bridgehead atoms. The van der Waals surface area contributed by atoms with Crippen LogP contribution in [0.1, 0.15) is 11.1 Å². The Hall–Kier alpha value is -1.63. The molecular weight excluding hydrogens is 315 g/mol. The number of sulfonamides is 1. The minimum atomic E-state index is -3.94. The third kappa shape index (κ3) is 3.34. The molecule has 0 atom stereocenters. The summed E-state index contributed by atoms with van der Waals surface area (Å²) in [6.45, 7) is 2.05. The minimum Gasteiger partial charge on any atom is -0.326 e. The summed E-state index contributed by atoms with van der Waals surface area (Å²) in [6.07, 6.45) is 0. The van der Waals surface area contributed by atoms with Crippen LogP contribution in [-0.2, 0) is 16.6 Å². The Morgan fingerprint density at radius 3 is 2.62 bits per heavy atom. The molecule has 0 aliphatic carbocycles. The van der Waals surface area contributed by atoms with Gasteiger partial charge < -0.3 is 5.73 Å². The lowest BCUT2D eigenvalue weighted by atomic mass is 10.1. The smallest absolute Gasteiger partial charge is 0.262 e. The molecule has 2 aromatic rings. The summed E-state index contributed by atoms with van der Waals surface area (Å²) >= 11 is 5.82. The summed E-state index contributed by atoms with van der Waals surface area (Å²) in [6, 6.07) is 8.48. The van der Waals surface area contributed by atoms with Gasteiger partial charge in [-0.25, -0.2) is 12.8 Å². The molecule has 2 rings (SSSR count). The Labute approximate surface area is 127 Å². The van der Waals surface area contributed by atoms with Gasteiger partial charge in [0.2, 0.25) is 0 Å². The van der Waals surface area contributed by atoms with Gasteiger partial charge in [0, 0.05) is 6.54 Å². The standard InChI is InChI=1S/C14H14ClFN2O2S/c1-9-5-6-11(7-10(9)8-17)21(19,20)18-14-12(15)3-2-4-13(14)16/h2-7,18H,8,17H2,1H3. The highest BCUT2D eigenvalue weighted by molar-refractivity contribution is 7.92. The van der Waals surface area contributed by atoms with Crippen molar-refractivity contribution in [2.45, 2.75) is 18.4 Å². The predicted molar refractivity (Wildman–Crippen MR) is 81.3 cm³/mol. The van der Waals surface area contributed by atoms with Crippen molar-refractivity contribution in [3.8, 4) is 0 Å². The van der Waals surface area contributed by atoms with Gasteiger partial charge in [0.05, 0.1) is 9.92 Å². The summed E-state index contributed by atoms with van der Waals surface area (Å²) < 4.78 is 40.5. The SMILES string of the molecule is Cc1ccc(S(=O)(=O)Nc2c(F)cccc2Cl)cc1CN. The van der Waals surface area contributed by atoms with Gasteiger partial charge in [-0.3, -0.25) is 4.72 Å². The number of halogens is 2. The number of aryl methyl sites for hydroxylation is 1. The largest absolute Gasteiger partial charge is 0.326 e. The van der Waals surface area contributed by atoms with Gasteiger partial charge >= 0.3 is 0 Å². The molecule has 0 fully saturated rings. The lowest BCUT2D eigenvalue weighted by Crippen LogP contribution is -2.15. The molecule has 21 heavy (non-hydrogen) atoms. The maximum Gasteiger partial charge on any atom is 0.262 e. The molecule has 0 aliphatic heterocycles. The molecule has 0 unspecified atom stereocenters. The zero-order valence-electron chi connectivity index (χ0n) is 11.2. The molecule has 4 nitrogen and oxygen atoms in total. The molecule has 112 valence electrons. The molecular formula is C14H14ClFN2O2S. The molecule has 0 radical (unpaired) electrons. The van der Waals surface area contributed by atoms with E-state index in [-0.39, 0.29) is 22.2 Å². The molecule has 2 aromatic carbocycles. The topological polar surface area (TPSA) is 72.2 Å². The lowest BCUT2D eigenvalue weighted by Gasteiger charge is -2.12. The van der Waals surface area contributed by atoms with Crippen LogP contribution in [0.5, 0.6) is 0 Å². The second-order valence-electron chi connectivity index (χ2n) is 4.49. The maximum atomic E-state index is 13.7. The van der Waals surface area contributed by atoms with Gasteiger partial charge in [0.15, 0.2) is 0 Å². The summed E-state index contributed by atoms with van der Waals surface area (Å²) in [5.41, 5.74) is 6.89. The van der Waals surface area contributed by atoms with E-state index in [0.717, 1.165) is 11.6 Å². The fourth-order valence-corrected chi connectivity index (χ4v) is 3.23. The van der Waals surface area contributed by atoms with Crippen LogP contribution < -0.4 is 10.5 Å². The van der Waals surface area contributed by atoms with E-state index in [1.165, 1.54) is 24.3 Å². The first-order valence-electron chi connectivity index (χ1n) is 6.11. The predicted octanol–water partition coefficient (Wildman–Crippen LogP) is 3.05. The van der Waals surface area contributed by atoms with Gasteiger partial charge in [-0.2, -0.15) is 0 Å². The Morgan fingerprint density at radius 2 is 2.00 bits per heavy atom. The van der Waals surface area contributed by atoms with E-state index < -0.39 is 15.8 Å². The van der Waals surface area contributed by atoms with Crippen LogP contribution in [0.2, 0.25) is 5.02 Å². The summed E-state index contributed by atoms with van der Waals surface area (Å²) in [7, 11) is -3.94. The summed E-state index contributed by atoms with van der Waals surface area (Å²) in [5.74, 6) is -0.739. The Kier molecular flexibility index (Phi) is 4.51. The van der Waals surface area contributed by atoms with Crippen molar-refractivity contribution in [3.05, 3.63) is 58.4 Å². The number of para-hydroxylation sites is 1. The molecule has 0 amide bonds. The third-order valence-electron chi connectivity index (χ3n) is 3.05. The number of nitrogens with one attached hydrogen (secondary N) is 1. The average Bonchev–Trinajstić information content (AvgIpc) is 2.43. The monoisotopic (exact) mass is 328 g/mol. The van der Waals surface area contributed by atoms with Crippen molar-refractivity contribution >= 4 is 27.3 Å². The van der Waals surface area contributed by atoms with Crippen LogP contribution in [-0.4, -0.2) is 8.42 Å². The van der Waals surface area contributed by atoms with Gasteiger partial charge in [0.1, 0.15) is 11.5 Å². The first-order valence-corrected chi connectivity index (χ1v) is 7.97. The number of rotatable bonds is 4. The average molecular weight is 329 g/mol. The van der Waals surface area contributed by atoms with Crippen LogP contribution >= 0.6 is 11.6 Å². The zero-order valence-corrected chi connectivity index (χ0v) is 12.8. The highest BCUT2D eigenvalue weighted by Crippen LogP contribution is 2.27. The highest BCUT2D eigenvalue weighted by atomic mass is 35.5. The summed E-state index contributed by atoms with van der Waals surface area (Å²) in [5, 5.41) is -0.00950. The van der Waals surface area contributed by atoms with E-state index in [9.17, 15) is 12.8 Å². The van der Waals surface area contributed by atoms with Crippen LogP contribution in [0.3, 0.4) is 0 Å². The molecule has 0 spiro atoms. The number of nitrogens with two attached hydrogens (primary N) is 1. The minimum absolute atomic E-state index is 0.00729. The fourth-order valence-electron chi connectivity index (χ4n) is 1.82. The molecule has 3 N–H and O–H groups in total. The van der Waals surface area contributed by atoms with Gasteiger partial charge in [-0.05, 0) is 42.3 Å². The fraction of sp³-hybridized carbons (Fsp3) is 0.143. The summed E-state index contributed by atoms with van der Waals surface area (Å²) in [4.78, 5) is 0.00729. The van der Waals surface area contributed by atoms with Crippen LogP contribution in [0.4, 0.5) is 10.1 Å². The van der Waals surface area contributed by atoms with Crippen molar-refractivity contribution in [3.63, 3.8) is 0 Å². The second-order valence-corrected chi connectivity index (χ2v) is 6.58. The molecule has 0 aromatic heterocycles. The first-order chi connectivity index (χ1) is 9.85. The van der Waals surface area contributed by atoms with E-state index >= 15 is 0 Å². The number of hydrogen-bond donors (Lipinski definition) is 2. The van der Waals surface area contributed by atoms with E-state index in [1.54, 1.807) is 6.07 Å². The van der Waals surface area contributed by atoms with Gasteiger partial charge in [0.25, 0.3) is 10.0 Å². The van der Waals surface area contributed by atoms with E-state index in [2.05, 4.69) is 4.72 Å². The number of hydrogen-bond acceptors (Lipinski definition) is 3. The number of anilines is 1. The van der Waals surface area contributed by atoms with Crippen molar-refractivity contribution in [1.29, 1.82) is 0 Å². The Balaban J connectivity index is 2.44. The van der Waals surface area contributed by atoms with Crippen LogP contribution in [0.15, 0.2) is 41.3 Å². The molecule has 0 saturated carbocycles. The maximum absolute atomic E-state index is 13.7. The third-order valence-corrected chi connectivity index (χ3v) is 4.71. The van der Waals surface area contributed by atoms with E-state index in [1.807, 2.05) is 6.92 Å². The van der Waals surface area contributed by atoms with Gasteiger partial charge in [-0.15, -0.1) is 0 Å². The molecule has 7 heteroatoms. The zero-order chi connectivity index (χ0) is 15.6.